The van der Waals surface area contributed by atoms with Gasteiger partial charge < -0.3 is 4.74 Å². The molecule has 12 heteroatoms. The monoisotopic (exact) mass is 639 g/mol. The second kappa shape index (κ2) is 9.94. The number of carbonyl (C=O) groups excluding carboxylic acids is 1. The molecule has 0 saturated heterocycles. The summed E-state index contributed by atoms with van der Waals surface area (Å²) in [5.74, 6) is -0.163. The van der Waals surface area contributed by atoms with Crippen LogP contribution in [0.5, 0.6) is 0 Å². The molecule has 0 N–H and O–H groups in total. The molecule has 0 aliphatic heterocycles. The van der Waals surface area contributed by atoms with Gasteiger partial charge in [-0.3, -0.25) is 9.10 Å². The van der Waals surface area contributed by atoms with Crippen LogP contribution in [0, 0.1) is 10.5 Å². The summed E-state index contributed by atoms with van der Waals surface area (Å²) in [6, 6.07) is 13.1. The molecule has 36 heavy (non-hydrogen) atoms. The van der Waals surface area contributed by atoms with E-state index in [2.05, 4.69) is 15.3 Å². The van der Waals surface area contributed by atoms with Crippen molar-refractivity contribution < 1.29 is 17.9 Å². The SMILES string of the molecule is Cc1ccc(-n2ncc3cc(N(CC(=O)OC(C)(C)C)S(=O)(=O)c4cc(Cl)cc(I)c4)ccc32)nn1. The molecule has 2 aromatic carbocycles. The van der Waals surface area contributed by atoms with Crippen LogP contribution >= 0.6 is 34.2 Å². The van der Waals surface area contributed by atoms with Crippen molar-refractivity contribution in [2.45, 2.75) is 38.2 Å². The number of aryl methyl sites for hydroxylation is 1. The number of hydrogen-bond acceptors (Lipinski definition) is 7. The maximum atomic E-state index is 13.8. The Morgan fingerprint density at radius 3 is 2.50 bits per heavy atom. The van der Waals surface area contributed by atoms with Crippen LogP contribution in [0.3, 0.4) is 0 Å². The summed E-state index contributed by atoms with van der Waals surface area (Å²) in [4.78, 5) is 12.7. The lowest BCUT2D eigenvalue weighted by Gasteiger charge is -2.26. The van der Waals surface area contributed by atoms with E-state index in [1.54, 1.807) is 62.0 Å². The van der Waals surface area contributed by atoms with Crippen molar-refractivity contribution in [2.75, 3.05) is 10.8 Å². The summed E-state index contributed by atoms with van der Waals surface area (Å²) in [6.07, 6.45) is 1.60. The maximum Gasteiger partial charge on any atom is 0.327 e. The van der Waals surface area contributed by atoms with Gasteiger partial charge in [0.15, 0.2) is 5.82 Å². The van der Waals surface area contributed by atoms with Gasteiger partial charge in [0.2, 0.25) is 0 Å². The van der Waals surface area contributed by atoms with E-state index in [0.29, 0.717) is 20.3 Å². The molecule has 0 bridgehead atoms. The van der Waals surface area contributed by atoms with Gasteiger partial charge in [0, 0.05) is 14.0 Å². The Balaban J connectivity index is 1.80. The number of halogens is 2. The predicted octanol–water partition coefficient (Wildman–Crippen LogP) is 4.92. The number of carbonyl (C=O) groups is 1. The average Bonchev–Trinajstić information content (AvgIpc) is 3.19. The normalized spacial score (nSPS) is 12.1. The lowest BCUT2D eigenvalue weighted by Crippen LogP contribution is -2.39. The smallest absolute Gasteiger partial charge is 0.327 e. The second-order valence-corrected chi connectivity index (χ2v) is 12.6. The molecule has 188 valence electrons. The number of ether oxygens (including phenoxy) is 1. The summed E-state index contributed by atoms with van der Waals surface area (Å²) >= 11 is 8.14. The first-order valence-corrected chi connectivity index (χ1v) is 13.7. The van der Waals surface area contributed by atoms with Gasteiger partial charge in [0.1, 0.15) is 12.1 Å². The van der Waals surface area contributed by atoms with Crippen molar-refractivity contribution >= 4 is 66.8 Å². The highest BCUT2D eigenvalue weighted by Crippen LogP contribution is 2.30. The maximum absolute atomic E-state index is 13.8. The van der Waals surface area contributed by atoms with E-state index in [1.165, 1.54) is 12.1 Å². The molecular weight excluding hydrogens is 617 g/mol. The third-order valence-electron chi connectivity index (χ3n) is 4.96. The van der Waals surface area contributed by atoms with Crippen molar-refractivity contribution in [3.05, 3.63) is 69.0 Å². The van der Waals surface area contributed by atoms with Crippen LogP contribution in [-0.4, -0.2) is 46.5 Å². The van der Waals surface area contributed by atoms with E-state index in [9.17, 15) is 13.2 Å². The zero-order valence-electron chi connectivity index (χ0n) is 19.9. The summed E-state index contributed by atoms with van der Waals surface area (Å²) in [7, 11) is -4.17. The van der Waals surface area contributed by atoms with Crippen LogP contribution in [0.15, 0.2) is 59.6 Å². The Morgan fingerprint density at radius 1 is 1.11 bits per heavy atom. The molecule has 2 aromatic heterocycles. The van der Waals surface area contributed by atoms with Crippen molar-refractivity contribution in [1.29, 1.82) is 0 Å². The third kappa shape index (κ3) is 5.79. The molecule has 9 nitrogen and oxygen atoms in total. The molecule has 2 heterocycles. The molecule has 4 rings (SSSR count). The van der Waals surface area contributed by atoms with Gasteiger partial charge in [-0.25, -0.2) is 13.1 Å². The molecule has 4 aromatic rings. The number of esters is 1. The number of rotatable bonds is 6. The number of hydrogen-bond donors (Lipinski definition) is 0. The van der Waals surface area contributed by atoms with Crippen molar-refractivity contribution in [1.82, 2.24) is 20.0 Å². The second-order valence-electron chi connectivity index (χ2n) is 9.04. The Kier molecular flexibility index (Phi) is 7.26. The summed E-state index contributed by atoms with van der Waals surface area (Å²) in [5, 5.41) is 13.5. The number of sulfonamides is 1. The highest BCUT2D eigenvalue weighted by atomic mass is 127. The molecule has 0 spiro atoms. The number of aromatic nitrogens is 4. The van der Waals surface area contributed by atoms with Crippen LogP contribution in [-0.2, 0) is 19.6 Å². The third-order valence-corrected chi connectivity index (χ3v) is 7.55. The first kappa shape index (κ1) is 26.3. The molecular formula is C24H23ClIN5O4S. The summed E-state index contributed by atoms with van der Waals surface area (Å²) in [6.45, 7) is 6.48. The standard InChI is InChI=1S/C24H23ClIN5O4S/c1-15-5-8-22(29-28-15)31-21-7-6-19(9-16(21)13-27-31)30(14-23(32)35-24(2,3)4)36(33,34)20-11-17(25)10-18(26)12-20/h5-13H,14H2,1-4H3. The lowest BCUT2D eigenvalue weighted by atomic mass is 10.2. The number of benzene rings is 2. The number of nitrogens with zero attached hydrogens (tertiary/aromatic N) is 5. The van der Waals surface area contributed by atoms with Gasteiger partial charge in [0.05, 0.1) is 28.0 Å². The molecule has 0 fully saturated rings. The Labute approximate surface area is 227 Å². The minimum atomic E-state index is -4.17. The molecule has 0 atom stereocenters. The Morgan fingerprint density at radius 2 is 1.86 bits per heavy atom. The zero-order chi connectivity index (χ0) is 26.3. The van der Waals surface area contributed by atoms with E-state index in [0.717, 1.165) is 10.00 Å². The minimum Gasteiger partial charge on any atom is -0.459 e. The lowest BCUT2D eigenvalue weighted by molar-refractivity contribution is -0.152. The zero-order valence-corrected chi connectivity index (χ0v) is 23.7. The van der Waals surface area contributed by atoms with Gasteiger partial charge >= 0.3 is 5.97 Å². The van der Waals surface area contributed by atoms with Crippen molar-refractivity contribution in [2.24, 2.45) is 0 Å². The van der Waals surface area contributed by atoms with Gasteiger partial charge in [-0.15, -0.1) is 5.10 Å². The van der Waals surface area contributed by atoms with E-state index >= 15 is 0 Å². The fourth-order valence-corrected chi connectivity index (χ4v) is 6.31. The largest absolute Gasteiger partial charge is 0.459 e. The Bertz CT molecular complexity index is 1530. The minimum absolute atomic E-state index is 0.0336. The fourth-order valence-electron chi connectivity index (χ4n) is 3.47. The summed E-state index contributed by atoms with van der Waals surface area (Å²) in [5.41, 5.74) is 0.968. The first-order valence-electron chi connectivity index (χ1n) is 10.8. The topological polar surface area (TPSA) is 107 Å². The van der Waals surface area contributed by atoms with E-state index < -0.39 is 28.1 Å². The molecule has 0 unspecified atom stereocenters. The van der Waals surface area contributed by atoms with Gasteiger partial charge in [-0.1, -0.05) is 11.6 Å². The highest BCUT2D eigenvalue weighted by molar-refractivity contribution is 14.1. The summed E-state index contributed by atoms with van der Waals surface area (Å²) < 4.78 is 36.2. The molecule has 0 aliphatic carbocycles. The molecule has 0 radical (unpaired) electrons. The van der Waals surface area contributed by atoms with Gasteiger partial charge in [-0.05, 0) is 98.8 Å². The van der Waals surface area contributed by atoms with Crippen LogP contribution < -0.4 is 4.31 Å². The number of anilines is 1. The van der Waals surface area contributed by atoms with Crippen molar-refractivity contribution in [3.8, 4) is 5.82 Å². The van der Waals surface area contributed by atoms with E-state index in [-0.39, 0.29) is 15.6 Å². The van der Waals surface area contributed by atoms with E-state index in [1.807, 2.05) is 35.6 Å². The van der Waals surface area contributed by atoms with Crippen molar-refractivity contribution in [3.63, 3.8) is 0 Å². The van der Waals surface area contributed by atoms with E-state index in [4.69, 9.17) is 16.3 Å². The van der Waals surface area contributed by atoms with Crippen LogP contribution in [0.25, 0.3) is 16.7 Å². The quantitative estimate of drug-likeness (QED) is 0.218. The average molecular weight is 640 g/mol. The number of fused-ring (bicyclic) bond motifs is 1. The molecule has 0 aliphatic rings. The fraction of sp³-hybridized carbons (Fsp3) is 0.250. The first-order chi connectivity index (χ1) is 16.8. The van der Waals surface area contributed by atoms with Crippen LogP contribution in [0.1, 0.15) is 26.5 Å². The van der Waals surface area contributed by atoms with Crippen LogP contribution in [0.4, 0.5) is 5.69 Å². The van der Waals surface area contributed by atoms with Gasteiger partial charge in [0.25, 0.3) is 10.0 Å². The van der Waals surface area contributed by atoms with Crippen LogP contribution in [0.2, 0.25) is 5.02 Å². The predicted molar refractivity (Wildman–Crippen MR) is 146 cm³/mol. The molecule has 0 saturated carbocycles. The highest BCUT2D eigenvalue weighted by Gasteiger charge is 2.30. The molecule has 0 amide bonds. The van der Waals surface area contributed by atoms with Gasteiger partial charge in [-0.2, -0.15) is 10.2 Å². The Hall–Kier alpha value is -2.77.